The Morgan fingerprint density at radius 2 is 2.05 bits per heavy atom. The highest BCUT2D eigenvalue weighted by molar-refractivity contribution is 9.10. The molecule has 2 aromatic rings. The van der Waals surface area contributed by atoms with Gasteiger partial charge in [0.25, 0.3) is 0 Å². The molecule has 0 saturated heterocycles. The number of hydrogen-bond acceptors (Lipinski definition) is 2. The minimum atomic E-state index is -0.941. The molecule has 20 heavy (non-hydrogen) atoms. The van der Waals surface area contributed by atoms with Crippen molar-refractivity contribution in [3.05, 3.63) is 63.1 Å². The van der Waals surface area contributed by atoms with Gasteiger partial charge in [0.05, 0.1) is 5.56 Å². The van der Waals surface area contributed by atoms with Crippen LogP contribution in [0.15, 0.2) is 46.9 Å². The molecule has 0 saturated carbocycles. The maximum absolute atomic E-state index is 11.1. The summed E-state index contributed by atoms with van der Waals surface area (Å²) >= 11 is 9.30. The van der Waals surface area contributed by atoms with Crippen molar-refractivity contribution in [2.24, 2.45) is 0 Å². The second-order valence-electron chi connectivity index (χ2n) is 4.49. The first-order valence-corrected chi connectivity index (χ1v) is 7.12. The minimum absolute atomic E-state index is 0.257. The molecule has 0 unspecified atom stereocenters. The Labute approximate surface area is 130 Å². The molecule has 0 fully saturated rings. The normalized spacial score (nSPS) is 10.3. The Balaban J connectivity index is 2.25. The van der Waals surface area contributed by atoms with E-state index >= 15 is 0 Å². The van der Waals surface area contributed by atoms with Crippen LogP contribution in [0.1, 0.15) is 15.9 Å². The Kier molecular flexibility index (Phi) is 4.68. The topological polar surface area (TPSA) is 40.5 Å². The van der Waals surface area contributed by atoms with Gasteiger partial charge in [0.15, 0.2) is 0 Å². The van der Waals surface area contributed by atoms with E-state index < -0.39 is 5.97 Å². The lowest BCUT2D eigenvalue weighted by Gasteiger charge is -2.20. The Hall–Kier alpha value is -1.52. The van der Waals surface area contributed by atoms with Crippen LogP contribution < -0.4 is 4.90 Å². The van der Waals surface area contributed by atoms with Crippen molar-refractivity contribution in [2.45, 2.75) is 6.54 Å². The summed E-state index contributed by atoms with van der Waals surface area (Å²) in [6.45, 7) is 0.649. The van der Waals surface area contributed by atoms with Crippen LogP contribution in [0.3, 0.4) is 0 Å². The number of halogens is 2. The summed E-state index contributed by atoms with van der Waals surface area (Å²) in [5.74, 6) is -0.941. The number of rotatable bonds is 4. The molecule has 0 aliphatic heterocycles. The lowest BCUT2D eigenvalue weighted by Crippen LogP contribution is -2.17. The average Bonchev–Trinajstić information content (AvgIpc) is 2.37. The SMILES string of the molecule is CN(Cc1cccc(Cl)c1)c1cc(Br)cc(C(=O)O)c1. The van der Waals surface area contributed by atoms with E-state index in [0.717, 1.165) is 15.7 Å². The van der Waals surface area contributed by atoms with E-state index in [0.29, 0.717) is 11.6 Å². The maximum Gasteiger partial charge on any atom is 0.335 e. The molecule has 0 aliphatic rings. The van der Waals surface area contributed by atoms with Crippen LogP contribution in [0.4, 0.5) is 5.69 Å². The molecule has 5 heteroatoms. The molecule has 0 radical (unpaired) electrons. The molecule has 1 N–H and O–H groups in total. The van der Waals surface area contributed by atoms with Crippen LogP contribution in [0.2, 0.25) is 5.02 Å². The van der Waals surface area contributed by atoms with E-state index in [2.05, 4.69) is 15.9 Å². The zero-order valence-corrected chi connectivity index (χ0v) is 13.1. The molecule has 2 rings (SSSR count). The number of aromatic carboxylic acids is 1. The van der Waals surface area contributed by atoms with E-state index in [1.165, 1.54) is 0 Å². The molecule has 2 aromatic carbocycles. The number of benzene rings is 2. The molecule has 0 heterocycles. The van der Waals surface area contributed by atoms with Gasteiger partial charge < -0.3 is 10.0 Å². The van der Waals surface area contributed by atoms with Crippen molar-refractivity contribution >= 4 is 39.2 Å². The van der Waals surface area contributed by atoms with Crippen molar-refractivity contribution in [3.8, 4) is 0 Å². The average molecular weight is 355 g/mol. The predicted molar refractivity (Wildman–Crippen MR) is 84.7 cm³/mol. The second kappa shape index (κ2) is 6.29. The van der Waals surface area contributed by atoms with Gasteiger partial charge in [-0.05, 0) is 35.9 Å². The van der Waals surface area contributed by atoms with Gasteiger partial charge in [0, 0.05) is 28.8 Å². The van der Waals surface area contributed by atoms with Gasteiger partial charge in [0.2, 0.25) is 0 Å². The van der Waals surface area contributed by atoms with Gasteiger partial charge >= 0.3 is 5.97 Å². The highest BCUT2D eigenvalue weighted by atomic mass is 79.9. The molecular formula is C15H13BrClNO2. The maximum atomic E-state index is 11.1. The lowest BCUT2D eigenvalue weighted by molar-refractivity contribution is 0.0697. The summed E-state index contributed by atoms with van der Waals surface area (Å²) in [5.41, 5.74) is 2.15. The van der Waals surface area contributed by atoms with Gasteiger partial charge in [-0.25, -0.2) is 4.79 Å². The first kappa shape index (κ1) is 14.9. The van der Waals surface area contributed by atoms with Crippen LogP contribution in [-0.4, -0.2) is 18.1 Å². The Morgan fingerprint density at radius 1 is 1.30 bits per heavy atom. The van der Waals surface area contributed by atoms with E-state index in [9.17, 15) is 4.79 Å². The summed E-state index contributed by atoms with van der Waals surface area (Å²) in [6, 6.07) is 12.7. The van der Waals surface area contributed by atoms with Crippen molar-refractivity contribution in [3.63, 3.8) is 0 Å². The van der Waals surface area contributed by atoms with E-state index in [-0.39, 0.29) is 5.56 Å². The zero-order chi connectivity index (χ0) is 14.7. The van der Waals surface area contributed by atoms with Gasteiger partial charge in [0.1, 0.15) is 0 Å². The first-order valence-electron chi connectivity index (χ1n) is 5.95. The minimum Gasteiger partial charge on any atom is -0.478 e. The van der Waals surface area contributed by atoms with E-state index in [1.54, 1.807) is 12.1 Å². The summed E-state index contributed by atoms with van der Waals surface area (Å²) < 4.78 is 0.741. The predicted octanol–water partition coefficient (Wildman–Crippen LogP) is 4.44. The third kappa shape index (κ3) is 3.74. The standard InChI is InChI=1S/C15H13BrClNO2/c1-18(9-10-3-2-4-13(17)5-10)14-7-11(15(19)20)6-12(16)8-14/h2-8H,9H2,1H3,(H,19,20). The zero-order valence-electron chi connectivity index (χ0n) is 10.8. The lowest BCUT2D eigenvalue weighted by atomic mass is 10.1. The van der Waals surface area contributed by atoms with Crippen molar-refractivity contribution < 1.29 is 9.90 Å². The molecule has 104 valence electrons. The summed E-state index contributed by atoms with van der Waals surface area (Å²) in [5, 5.41) is 9.78. The fourth-order valence-electron chi connectivity index (χ4n) is 1.92. The quantitative estimate of drug-likeness (QED) is 0.882. The van der Waals surface area contributed by atoms with Crippen molar-refractivity contribution in [1.29, 1.82) is 0 Å². The highest BCUT2D eigenvalue weighted by Gasteiger charge is 2.09. The van der Waals surface area contributed by atoms with Crippen LogP contribution in [0, 0.1) is 0 Å². The largest absolute Gasteiger partial charge is 0.478 e. The molecule has 0 amide bonds. The van der Waals surface area contributed by atoms with Crippen LogP contribution >= 0.6 is 27.5 Å². The van der Waals surface area contributed by atoms with Crippen LogP contribution in [0.5, 0.6) is 0 Å². The first-order chi connectivity index (χ1) is 9.45. The monoisotopic (exact) mass is 353 g/mol. The molecule has 0 spiro atoms. The Bertz CT molecular complexity index is 646. The fraction of sp³-hybridized carbons (Fsp3) is 0.133. The molecule has 0 aromatic heterocycles. The van der Waals surface area contributed by atoms with Crippen molar-refractivity contribution in [2.75, 3.05) is 11.9 Å². The van der Waals surface area contributed by atoms with Gasteiger partial charge in [-0.3, -0.25) is 0 Å². The molecule has 0 aliphatic carbocycles. The summed E-state index contributed by atoms with van der Waals surface area (Å²) in [4.78, 5) is 13.0. The summed E-state index contributed by atoms with van der Waals surface area (Å²) in [6.07, 6.45) is 0. The number of carboxylic acid groups (broad SMARTS) is 1. The Morgan fingerprint density at radius 3 is 2.70 bits per heavy atom. The number of nitrogens with zero attached hydrogens (tertiary/aromatic N) is 1. The van der Waals surface area contributed by atoms with Crippen LogP contribution in [0.25, 0.3) is 0 Å². The fourth-order valence-corrected chi connectivity index (χ4v) is 2.61. The number of hydrogen-bond donors (Lipinski definition) is 1. The van der Waals surface area contributed by atoms with E-state index in [4.69, 9.17) is 16.7 Å². The number of anilines is 1. The summed E-state index contributed by atoms with van der Waals surface area (Å²) in [7, 11) is 1.91. The highest BCUT2D eigenvalue weighted by Crippen LogP contribution is 2.24. The molecule has 0 bridgehead atoms. The smallest absolute Gasteiger partial charge is 0.335 e. The second-order valence-corrected chi connectivity index (χ2v) is 5.84. The van der Waals surface area contributed by atoms with E-state index in [1.807, 2.05) is 42.3 Å². The molecule has 0 atom stereocenters. The molecule has 3 nitrogen and oxygen atoms in total. The van der Waals surface area contributed by atoms with Crippen LogP contribution in [-0.2, 0) is 6.54 Å². The van der Waals surface area contributed by atoms with Crippen molar-refractivity contribution in [1.82, 2.24) is 0 Å². The number of carboxylic acids is 1. The van der Waals surface area contributed by atoms with Gasteiger partial charge in [-0.15, -0.1) is 0 Å². The number of carbonyl (C=O) groups is 1. The molecular weight excluding hydrogens is 342 g/mol. The third-order valence-corrected chi connectivity index (χ3v) is 3.57. The van der Waals surface area contributed by atoms with Gasteiger partial charge in [-0.1, -0.05) is 39.7 Å². The third-order valence-electron chi connectivity index (χ3n) is 2.88. The van der Waals surface area contributed by atoms with Gasteiger partial charge in [-0.2, -0.15) is 0 Å².